The lowest BCUT2D eigenvalue weighted by atomic mass is 10.1. The summed E-state index contributed by atoms with van der Waals surface area (Å²) in [5.41, 5.74) is 0. The molecule has 430 valence electrons. The second-order valence-corrected chi connectivity index (χ2v) is 20.2. The van der Waals surface area contributed by atoms with Crippen molar-refractivity contribution in [2.24, 2.45) is 0 Å². The molecule has 0 heterocycles. The largest absolute Gasteiger partial charge is 0.462 e. The molecule has 0 aliphatic heterocycles. The highest BCUT2D eigenvalue weighted by molar-refractivity contribution is 5.71. The Bertz CT molecular complexity index is 1630. The number of unbranched alkanes of at least 4 members (excludes halogenated alkanes) is 22. The van der Waals surface area contributed by atoms with Crippen LogP contribution < -0.4 is 0 Å². The molecule has 0 spiro atoms. The van der Waals surface area contributed by atoms with Gasteiger partial charge in [-0.3, -0.25) is 14.4 Å². The molecule has 0 radical (unpaired) electrons. The Kier molecular flexibility index (Phi) is 59.4. The maximum absolute atomic E-state index is 12.8. The van der Waals surface area contributed by atoms with Gasteiger partial charge in [0.25, 0.3) is 0 Å². The lowest BCUT2D eigenvalue weighted by Crippen LogP contribution is -2.30. The summed E-state index contributed by atoms with van der Waals surface area (Å²) in [6, 6.07) is 0. The van der Waals surface area contributed by atoms with Crippen LogP contribution in [-0.4, -0.2) is 37.2 Å². The number of rotatable bonds is 55. The van der Waals surface area contributed by atoms with E-state index in [0.29, 0.717) is 25.7 Å². The molecule has 6 nitrogen and oxygen atoms in total. The molecule has 0 amide bonds. The number of ether oxygens (including phenoxy) is 3. The summed E-state index contributed by atoms with van der Waals surface area (Å²) in [6.45, 7) is 6.46. The van der Waals surface area contributed by atoms with Gasteiger partial charge in [0.1, 0.15) is 13.2 Å². The van der Waals surface area contributed by atoms with E-state index in [1.54, 1.807) is 0 Å². The highest BCUT2D eigenvalue weighted by Gasteiger charge is 2.19. The van der Waals surface area contributed by atoms with Gasteiger partial charge in [-0.1, -0.05) is 264 Å². The molecule has 1 atom stereocenters. The van der Waals surface area contributed by atoms with Crippen LogP contribution in [0, 0.1) is 0 Å². The average molecular weight is 1050 g/mol. The molecular formula is C70H114O6. The summed E-state index contributed by atoms with van der Waals surface area (Å²) >= 11 is 0. The number of carbonyl (C=O) groups is 3. The first-order valence-electron chi connectivity index (χ1n) is 31.2. The molecule has 0 rings (SSSR count). The van der Waals surface area contributed by atoms with E-state index in [1.165, 1.54) is 96.3 Å². The monoisotopic (exact) mass is 1050 g/mol. The summed E-state index contributed by atoms with van der Waals surface area (Å²) in [6.07, 6.45) is 88.9. The lowest BCUT2D eigenvalue weighted by Gasteiger charge is -2.18. The Morgan fingerprint density at radius 2 is 0.513 bits per heavy atom. The van der Waals surface area contributed by atoms with Crippen LogP contribution in [0.15, 0.2) is 134 Å². The summed E-state index contributed by atoms with van der Waals surface area (Å²) < 4.78 is 16.8. The summed E-state index contributed by atoms with van der Waals surface area (Å²) in [4.78, 5) is 38.1. The van der Waals surface area contributed by atoms with Crippen LogP contribution in [0.5, 0.6) is 0 Å². The maximum atomic E-state index is 12.8. The SMILES string of the molecule is CC/C=C\C/C=C\C/C=C\C/C=C\C/C=C\C/C=C\C/C=C\C/C=C\C/C=C\C/C=C\CCCCC(=O)OCC(COC(=O)CCCCCCCCCCCC)OC(=O)CCCCCCC/C=C\CCCCCCCC. The van der Waals surface area contributed by atoms with Crippen molar-refractivity contribution in [3.05, 3.63) is 134 Å². The molecular weight excluding hydrogens is 937 g/mol. The molecule has 0 aliphatic rings. The fraction of sp³-hybridized carbons (Fsp3) is 0.643. The molecule has 0 saturated heterocycles. The van der Waals surface area contributed by atoms with Crippen molar-refractivity contribution in [1.29, 1.82) is 0 Å². The van der Waals surface area contributed by atoms with E-state index in [-0.39, 0.29) is 31.1 Å². The van der Waals surface area contributed by atoms with Crippen molar-refractivity contribution in [3.8, 4) is 0 Å². The molecule has 0 aliphatic carbocycles. The minimum absolute atomic E-state index is 0.0961. The highest BCUT2D eigenvalue weighted by atomic mass is 16.6. The van der Waals surface area contributed by atoms with E-state index in [0.717, 1.165) is 128 Å². The first-order chi connectivity index (χ1) is 37.5. The van der Waals surface area contributed by atoms with Crippen molar-refractivity contribution in [2.75, 3.05) is 13.2 Å². The van der Waals surface area contributed by atoms with Gasteiger partial charge < -0.3 is 14.2 Å². The highest BCUT2D eigenvalue weighted by Crippen LogP contribution is 2.14. The van der Waals surface area contributed by atoms with E-state index >= 15 is 0 Å². The second-order valence-electron chi connectivity index (χ2n) is 20.2. The fourth-order valence-electron chi connectivity index (χ4n) is 8.23. The van der Waals surface area contributed by atoms with E-state index in [2.05, 4.69) is 154 Å². The Balaban J connectivity index is 4.33. The Morgan fingerprint density at radius 1 is 0.276 bits per heavy atom. The Hall–Kier alpha value is -4.45. The molecule has 0 N–H and O–H groups in total. The molecule has 0 saturated carbocycles. The average Bonchev–Trinajstić information content (AvgIpc) is 3.42. The van der Waals surface area contributed by atoms with Crippen molar-refractivity contribution < 1.29 is 28.6 Å². The van der Waals surface area contributed by atoms with Crippen molar-refractivity contribution >= 4 is 17.9 Å². The van der Waals surface area contributed by atoms with Gasteiger partial charge in [0, 0.05) is 19.3 Å². The second kappa shape index (κ2) is 63.1. The van der Waals surface area contributed by atoms with Gasteiger partial charge in [-0.2, -0.15) is 0 Å². The van der Waals surface area contributed by atoms with E-state index < -0.39 is 6.10 Å². The number of hydrogen-bond donors (Lipinski definition) is 0. The van der Waals surface area contributed by atoms with E-state index in [4.69, 9.17) is 14.2 Å². The summed E-state index contributed by atoms with van der Waals surface area (Å²) in [5, 5.41) is 0. The molecule has 0 fully saturated rings. The van der Waals surface area contributed by atoms with Crippen LogP contribution in [-0.2, 0) is 28.6 Å². The maximum Gasteiger partial charge on any atom is 0.306 e. The zero-order valence-corrected chi connectivity index (χ0v) is 49.2. The Labute approximate surface area is 468 Å². The number of allylic oxidation sites excluding steroid dienone is 22. The third kappa shape index (κ3) is 60.4. The molecule has 76 heavy (non-hydrogen) atoms. The van der Waals surface area contributed by atoms with Crippen LogP contribution in [0.2, 0.25) is 0 Å². The van der Waals surface area contributed by atoms with Crippen LogP contribution in [0.3, 0.4) is 0 Å². The van der Waals surface area contributed by atoms with Gasteiger partial charge in [0.15, 0.2) is 6.10 Å². The number of esters is 3. The predicted molar refractivity (Wildman–Crippen MR) is 329 cm³/mol. The molecule has 0 aromatic carbocycles. The molecule has 6 heteroatoms. The standard InChI is InChI=1S/C70H114O6/c1-4-7-10-13-16-19-22-24-26-27-28-29-30-31-32-33-34-35-36-37-38-39-40-41-42-43-45-46-48-51-54-57-60-63-69(72)75-66-67(65-74-68(71)62-59-56-53-50-21-18-15-12-9-6-3)76-70(73)64-61-58-55-52-49-47-44-25-23-20-17-14-11-8-5-2/h7,10,16,19,24-26,28-29,31-32,34-35,37-38,40-41,43-45,48,51,67H,4-6,8-9,11-15,17-18,20-23,27,30,33,36,39,42,46-47,49-50,52-66H2,1-3H3/b10-7-,19-16-,26-24-,29-28-,32-31-,35-34-,38-37-,41-40-,44-25-,45-43-,51-48-. The van der Waals surface area contributed by atoms with Crippen LogP contribution in [0.4, 0.5) is 0 Å². The minimum Gasteiger partial charge on any atom is -0.462 e. The zero-order chi connectivity index (χ0) is 55.0. The normalized spacial score (nSPS) is 13.0. The zero-order valence-electron chi connectivity index (χ0n) is 49.2. The fourth-order valence-corrected chi connectivity index (χ4v) is 8.23. The van der Waals surface area contributed by atoms with Crippen molar-refractivity contribution in [2.45, 2.75) is 277 Å². The van der Waals surface area contributed by atoms with E-state index in [9.17, 15) is 14.4 Å². The topological polar surface area (TPSA) is 78.9 Å². The lowest BCUT2D eigenvalue weighted by molar-refractivity contribution is -0.167. The third-order valence-electron chi connectivity index (χ3n) is 12.9. The summed E-state index contributed by atoms with van der Waals surface area (Å²) in [7, 11) is 0. The van der Waals surface area contributed by atoms with Gasteiger partial charge in [0.2, 0.25) is 0 Å². The third-order valence-corrected chi connectivity index (χ3v) is 12.9. The molecule has 0 aromatic heterocycles. The summed E-state index contributed by atoms with van der Waals surface area (Å²) in [5.74, 6) is -0.953. The van der Waals surface area contributed by atoms with E-state index in [1.807, 2.05) is 0 Å². The molecule has 0 bridgehead atoms. The van der Waals surface area contributed by atoms with Crippen molar-refractivity contribution in [1.82, 2.24) is 0 Å². The van der Waals surface area contributed by atoms with Gasteiger partial charge in [-0.25, -0.2) is 0 Å². The van der Waals surface area contributed by atoms with Crippen LogP contribution in [0.25, 0.3) is 0 Å². The smallest absolute Gasteiger partial charge is 0.306 e. The van der Waals surface area contributed by atoms with Gasteiger partial charge in [0.05, 0.1) is 0 Å². The first kappa shape index (κ1) is 71.5. The Morgan fingerprint density at radius 3 is 0.842 bits per heavy atom. The van der Waals surface area contributed by atoms with Crippen LogP contribution >= 0.6 is 0 Å². The number of hydrogen-bond acceptors (Lipinski definition) is 6. The number of carbonyl (C=O) groups excluding carboxylic acids is 3. The quantitative estimate of drug-likeness (QED) is 0.0261. The van der Waals surface area contributed by atoms with Crippen molar-refractivity contribution in [3.63, 3.8) is 0 Å². The van der Waals surface area contributed by atoms with Gasteiger partial charge >= 0.3 is 17.9 Å². The van der Waals surface area contributed by atoms with Gasteiger partial charge in [-0.15, -0.1) is 0 Å². The van der Waals surface area contributed by atoms with Crippen LogP contribution in [0.1, 0.15) is 271 Å². The first-order valence-corrected chi connectivity index (χ1v) is 31.2. The minimum atomic E-state index is -0.802. The predicted octanol–water partition coefficient (Wildman–Crippen LogP) is 21.4. The molecule has 1 unspecified atom stereocenters. The molecule has 0 aromatic rings. The van der Waals surface area contributed by atoms with Gasteiger partial charge in [-0.05, 0) is 122 Å².